The average Bonchev–Trinajstić information content (AvgIpc) is 3.17. The molecule has 3 aliphatic carbocycles. The number of carbonyl (C=O) groups is 2. The molecule has 0 aromatic heterocycles. The maximum absolute atomic E-state index is 16.2. The fourth-order valence-electron chi connectivity index (χ4n) is 8.21. The lowest BCUT2D eigenvalue weighted by Crippen LogP contribution is -2.45. The van der Waals surface area contributed by atoms with Gasteiger partial charge in [0.15, 0.2) is 5.78 Å². The highest BCUT2D eigenvalue weighted by molar-refractivity contribution is 5.99. The van der Waals surface area contributed by atoms with Gasteiger partial charge in [0, 0.05) is 26.4 Å². The number of fused-ring (bicyclic) bond motifs is 5. The molecular formula is C35H52FNO3. The van der Waals surface area contributed by atoms with Crippen LogP contribution in [0.25, 0.3) is 0 Å². The second-order valence-corrected chi connectivity index (χ2v) is 13.3. The van der Waals surface area contributed by atoms with Gasteiger partial charge in [-0.05, 0) is 90.0 Å². The van der Waals surface area contributed by atoms with E-state index in [1.807, 2.05) is 18.0 Å². The minimum Gasteiger partial charge on any atom is -0.508 e. The van der Waals surface area contributed by atoms with Crippen LogP contribution in [0.5, 0.6) is 5.75 Å². The molecule has 2 saturated carbocycles. The highest BCUT2D eigenvalue weighted by Crippen LogP contribution is 2.65. The van der Waals surface area contributed by atoms with Crippen LogP contribution in [0.2, 0.25) is 0 Å². The van der Waals surface area contributed by atoms with Crippen molar-refractivity contribution in [3.05, 3.63) is 41.5 Å². The second kappa shape index (κ2) is 13.7. The Balaban J connectivity index is 1.25. The summed E-state index contributed by atoms with van der Waals surface area (Å²) in [6.07, 6.45) is 13.9. The maximum Gasteiger partial charge on any atom is 0.222 e. The van der Waals surface area contributed by atoms with Crippen LogP contribution in [0.15, 0.2) is 30.4 Å². The average molecular weight is 554 g/mol. The Morgan fingerprint density at radius 1 is 1.07 bits per heavy atom. The monoisotopic (exact) mass is 553 g/mol. The van der Waals surface area contributed by atoms with E-state index < -0.39 is 6.17 Å². The summed E-state index contributed by atoms with van der Waals surface area (Å²) in [4.78, 5) is 26.8. The number of Topliss-reactive ketones (excluding diaryl/α,β-unsaturated/α-hetero) is 1. The molecule has 2 fully saturated rings. The number of amides is 1. The molecule has 0 aliphatic heterocycles. The summed E-state index contributed by atoms with van der Waals surface area (Å²) in [7, 11) is 1.91. The summed E-state index contributed by atoms with van der Waals surface area (Å²) in [5, 5.41) is 10.1. The predicted molar refractivity (Wildman–Crippen MR) is 160 cm³/mol. The third-order valence-electron chi connectivity index (χ3n) is 10.7. The van der Waals surface area contributed by atoms with Crippen LogP contribution >= 0.6 is 0 Å². The van der Waals surface area contributed by atoms with Gasteiger partial charge in [-0.15, -0.1) is 0 Å². The third kappa shape index (κ3) is 6.49. The van der Waals surface area contributed by atoms with E-state index in [1.165, 1.54) is 19.3 Å². The number of hydrogen-bond donors (Lipinski definition) is 1. The first-order valence-electron chi connectivity index (χ1n) is 16.1. The zero-order valence-corrected chi connectivity index (χ0v) is 25.2. The fourth-order valence-corrected chi connectivity index (χ4v) is 8.21. The summed E-state index contributed by atoms with van der Waals surface area (Å²) in [6.45, 7) is 9.39. The van der Waals surface area contributed by atoms with E-state index >= 15 is 4.39 Å². The molecule has 40 heavy (non-hydrogen) atoms. The van der Waals surface area contributed by atoms with Crippen LogP contribution in [-0.2, 0) is 9.59 Å². The van der Waals surface area contributed by atoms with Crippen molar-refractivity contribution in [1.29, 1.82) is 0 Å². The number of alkyl halides is 1. The van der Waals surface area contributed by atoms with Gasteiger partial charge in [0.2, 0.25) is 5.91 Å². The molecule has 222 valence electrons. The van der Waals surface area contributed by atoms with Crippen LogP contribution in [0.3, 0.4) is 0 Å². The number of benzene rings is 1. The van der Waals surface area contributed by atoms with Crippen molar-refractivity contribution in [2.24, 2.45) is 23.2 Å². The van der Waals surface area contributed by atoms with Gasteiger partial charge in [-0.1, -0.05) is 77.9 Å². The Labute approximate surface area is 241 Å². The first kappa shape index (κ1) is 30.8. The van der Waals surface area contributed by atoms with E-state index in [0.29, 0.717) is 18.4 Å². The molecule has 4 nitrogen and oxygen atoms in total. The number of nitrogens with zero attached hydrogens (tertiary/aromatic N) is 1. The van der Waals surface area contributed by atoms with Crippen LogP contribution in [0.1, 0.15) is 133 Å². The number of rotatable bonds is 14. The number of allylic oxidation sites excluding steroid dienone is 1. The van der Waals surface area contributed by atoms with E-state index in [4.69, 9.17) is 0 Å². The Kier molecular flexibility index (Phi) is 10.5. The van der Waals surface area contributed by atoms with Gasteiger partial charge in [0.25, 0.3) is 0 Å². The smallest absolute Gasteiger partial charge is 0.222 e. The number of ketones is 1. The first-order chi connectivity index (χ1) is 19.2. The van der Waals surface area contributed by atoms with E-state index in [-0.39, 0.29) is 46.5 Å². The molecule has 1 aromatic rings. The SMILES string of the molecule is C=C1C(=O)CC2C3C(CCC12C)c1ccc(O)cc1C(F)[C@H]3CCCCCCCCCCC(=O)N(C)CCCC. The number of halogens is 1. The van der Waals surface area contributed by atoms with E-state index in [0.717, 1.165) is 81.9 Å². The molecule has 1 N–H and O–H groups in total. The van der Waals surface area contributed by atoms with Crippen molar-refractivity contribution in [2.75, 3.05) is 13.6 Å². The van der Waals surface area contributed by atoms with E-state index in [2.05, 4.69) is 20.4 Å². The number of unbranched alkanes of at least 4 members (excludes halogenated alkanes) is 8. The van der Waals surface area contributed by atoms with Gasteiger partial charge in [0.1, 0.15) is 11.9 Å². The molecule has 5 unspecified atom stereocenters. The minimum absolute atomic E-state index is 0.115. The summed E-state index contributed by atoms with van der Waals surface area (Å²) >= 11 is 0. The van der Waals surface area contributed by atoms with Crippen LogP contribution in [0.4, 0.5) is 4.39 Å². The molecular weight excluding hydrogens is 501 g/mol. The molecule has 0 radical (unpaired) electrons. The van der Waals surface area contributed by atoms with Crippen LogP contribution < -0.4 is 0 Å². The molecule has 0 bridgehead atoms. The molecule has 1 amide bonds. The lowest BCUT2D eigenvalue weighted by Gasteiger charge is -2.53. The molecule has 5 heteroatoms. The summed E-state index contributed by atoms with van der Waals surface area (Å²) in [5.74, 6) is 1.03. The third-order valence-corrected chi connectivity index (χ3v) is 10.7. The number of carbonyl (C=O) groups excluding carboxylic acids is 2. The molecule has 3 aliphatic rings. The van der Waals surface area contributed by atoms with E-state index in [9.17, 15) is 14.7 Å². The Morgan fingerprint density at radius 2 is 1.75 bits per heavy atom. The number of phenols is 1. The highest BCUT2D eigenvalue weighted by atomic mass is 19.1. The zero-order chi connectivity index (χ0) is 28.9. The number of aromatic hydroxyl groups is 1. The maximum atomic E-state index is 16.2. The molecule has 0 heterocycles. The highest BCUT2D eigenvalue weighted by Gasteiger charge is 2.58. The van der Waals surface area contributed by atoms with Gasteiger partial charge < -0.3 is 10.0 Å². The van der Waals surface area contributed by atoms with Gasteiger partial charge in [-0.25, -0.2) is 4.39 Å². The van der Waals surface area contributed by atoms with Crippen molar-refractivity contribution in [1.82, 2.24) is 4.90 Å². The van der Waals surface area contributed by atoms with Gasteiger partial charge in [-0.2, -0.15) is 0 Å². The Hall–Kier alpha value is -2.17. The lowest BCUT2D eigenvalue weighted by atomic mass is 9.51. The molecule has 0 saturated heterocycles. The quantitative estimate of drug-likeness (QED) is 0.185. The Morgan fingerprint density at radius 3 is 2.45 bits per heavy atom. The first-order valence-corrected chi connectivity index (χ1v) is 16.1. The van der Waals surface area contributed by atoms with Gasteiger partial charge in [0.05, 0.1) is 0 Å². The molecule has 6 atom stereocenters. The second-order valence-electron chi connectivity index (χ2n) is 13.3. The summed E-state index contributed by atoms with van der Waals surface area (Å²) < 4.78 is 16.2. The van der Waals surface area contributed by atoms with Gasteiger partial charge >= 0.3 is 0 Å². The van der Waals surface area contributed by atoms with Crippen LogP contribution in [0, 0.1) is 23.2 Å². The van der Waals surface area contributed by atoms with Crippen molar-refractivity contribution in [2.45, 2.75) is 122 Å². The van der Waals surface area contributed by atoms with Crippen molar-refractivity contribution >= 4 is 11.7 Å². The van der Waals surface area contributed by atoms with Crippen molar-refractivity contribution in [3.63, 3.8) is 0 Å². The molecule has 0 spiro atoms. The van der Waals surface area contributed by atoms with Crippen molar-refractivity contribution in [3.8, 4) is 5.75 Å². The molecule has 4 rings (SSSR count). The van der Waals surface area contributed by atoms with E-state index in [1.54, 1.807) is 12.1 Å². The van der Waals surface area contributed by atoms with Gasteiger partial charge in [-0.3, -0.25) is 9.59 Å². The Bertz CT molecular complexity index is 1050. The number of phenolic OH excluding ortho intramolecular Hbond substituents is 1. The standard InChI is InChI=1S/C35H52FNO3/c1-5-6-21-37(4)32(40)16-14-12-10-8-7-9-11-13-15-28-33-27(26-18-17-25(38)22-29(26)34(28)36)19-20-35(3)24(2)31(39)23-30(33)35/h17-18,22,27-28,30,33-34,38H,2,5-16,19-21,23H2,1,3-4H3/t27?,28-,30?,33?,34?,35?/m0/s1. The van der Waals surface area contributed by atoms with Crippen LogP contribution in [-0.4, -0.2) is 35.3 Å². The summed E-state index contributed by atoms with van der Waals surface area (Å²) in [6, 6.07) is 5.27. The zero-order valence-electron chi connectivity index (χ0n) is 25.2. The summed E-state index contributed by atoms with van der Waals surface area (Å²) in [5.41, 5.74) is 2.27. The minimum atomic E-state index is -1.10. The topological polar surface area (TPSA) is 57.6 Å². The fraction of sp³-hybridized carbons (Fsp3) is 0.714. The predicted octanol–water partition coefficient (Wildman–Crippen LogP) is 8.84. The number of hydrogen-bond acceptors (Lipinski definition) is 3. The molecule has 1 aromatic carbocycles. The largest absolute Gasteiger partial charge is 0.508 e. The lowest BCUT2D eigenvalue weighted by molar-refractivity contribution is -0.130. The van der Waals surface area contributed by atoms with Crippen molar-refractivity contribution < 1.29 is 19.1 Å². The normalized spacial score (nSPS) is 29.1.